The van der Waals surface area contributed by atoms with Gasteiger partial charge in [0.05, 0.1) is 13.7 Å². The van der Waals surface area contributed by atoms with Crippen LogP contribution >= 0.6 is 0 Å². The van der Waals surface area contributed by atoms with E-state index in [0.717, 1.165) is 24.9 Å². The van der Waals surface area contributed by atoms with Gasteiger partial charge in [0, 0.05) is 13.1 Å². The molecule has 7 nitrogen and oxygen atoms in total. The predicted molar refractivity (Wildman–Crippen MR) is 95.4 cm³/mol. The van der Waals surface area contributed by atoms with Crippen LogP contribution in [0.5, 0.6) is 11.5 Å². The van der Waals surface area contributed by atoms with Crippen molar-refractivity contribution in [3.05, 3.63) is 23.8 Å². The molecule has 0 saturated heterocycles. The molecule has 4 N–H and O–H groups in total. The van der Waals surface area contributed by atoms with Gasteiger partial charge in [-0.25, -0.2) is 4.99 Å². The Kier molecular flexibility index (Phi) is 9.11. The van der Waals surface area contributed by atoms with Gasteiger partial charge in [0.25, 0.3) is 5.91 Å². The highest BCUT2D eigenvalue weighted by Crippen LogP contribution is 2.28. The van der Waals surface area contributed by atoms with E-state index in [0.29, 0.717) is 30.5 Å². The Morgan fingerprint density at radius 3 is 2.71 bits per heavy atom. The molecule has 0 aliphatic carbocycles. The Balaban J connectivity index is 2.62. The number of rotatable bonds is 10. The number of hydrogen-bond donors (Lipinski definition) is 3. The van der Waals surface area contributed by atoms with E-state index in [1.165, 1.54) is 0 Å². The van der Waals surface area contributed by atoms with E-state index >= 15 is 0 Å². The SMILES string of the molecule is CCCCNC(N)=NCc1ccc(OCC(=O)NCC)c(OC)c1. The first kappa shape index (κ1) is 19.6. The molecular weight excluding hydrogens is 308 g/mol. The number of carbonyl (C=O) groups is 1. The van der Waals surface area contributed by atoms with E-state index in [-0.39, 0.29) is 12.5 Å². The highest BCUT2D eigenvalue weighted by Gasteiger charge is 2.08. The third-order valence-corrected chi connectivity index (χ3v) is 3.23. The van der Waals surface area contributed by atoms with Crippen LogP contribution in [0.4, 0.5) is 0 Å². The monoisotopic (exact) mass is 336 g/mol. The first-order chi connectivity index (χ1) is 11.6. The predicted octanol–water partition coefficient (Wildman–Crippen LogP) is 1.41. The first-order valence-electron chi connectivity index (χ1n) is 8.20. The Morgan fingerprint density at radius 1 is 1.25 bits per heavy atom. The Hall–Kier alpha value is -2.44. The topological polar surface area (TPSA) is 98.0 Å². The van der Waals surface area contributed by atoms with Crippen LogP contribution in [0.3, 0.4) is 0 Å². The molecule has 0 unspecified atom stereocenters. The van der Waals surface area contributed by atoms with Crippen LogP contribution in [-0.4, -0.2) is 38.7 Å². The molecule has 0 heterocycles. The summed E-state index contributed by atoms with van der Waals surface area (Å²) in [6.07, 6.45) is 2.16. The van der Waals surface area contributed by atoms with Crippen LogP contribution < -0.4 is 25.8 Å². The third-order valence-electron chi connectivity index (χ3n) is 3.23. The van der Waals surface area contributed by atoms with Gasteiger partial charge in [-0.2, -0.15) is 0 Å². The fourth-order valence-corrected chi connectivity index (χ4v) is 1.95. The van der Waals surface area contributed by atoms with E-state index in [9.17, 15) is 4.79 Å². The summed E-state index contributed by atoms with van der Waals surface area (Å²) >= 11 is 0. The van der Waals surface area contributed by atoms with Gasteiger partial charge in [0.1, 0.15) is 0 Å². The zero-order valence-electron chi connectivity index (χ0n) is 14.7. The van der Waals surface area contributed by atoms with Crippen molar-refractivity contribution in [2.24, 2.45) is 10.7 Å². The quantitative estimate of drug-likeness (QED) is 0.341. The van der Waals surface area contributed by atoms with Gasteiger partial charge in [-0.15, -0.1) is 0 Å². The number of likely N-dealkylation sites (N-methyl/N-ethyl adjacent to an activating group) is 1. The van der Waals surface area contributed by atoms with E-state index in [1.807, 2.05) is 19.1 Å². The summed E-state index contributed by atoms with van der Waals surface area (Å²) < 4.78 is 10.8. The maximum atomic E-state index is 11.5. The van der Waals surface area contributed by atoms with Crippen LogP contribution in [0.15, 0.2) is 23.2 Å². The smallest absolute Gasteiger partial charge is 0.257 e. The first-order valence-corrected chi connectivity index (χ1v) is 8.20. The molecule has 1 rings (SSSR count). The van der Waals surface area contributed by atoms with Crippen LogP contribution in [0.1, 0.15) is 32.3 Å². The number of ether oxygens (including phenoxy) is 2. The van der Waals surface area contributed by atoms with Gasteiger partial charge in [0.15, 0.2) is 24.1 Å². The molecule has 0 aromatic heterocycles. The Morgan fingerprint density at radius 2 is 2.04 bits per heavy atom. The minimum Gasteiger partial charge on any atom is -0.493 e. The number of amides is 1. The lowest BCUT2D eigenvalue weighted by Gasteiger charge is -2.11. The number of unbranched alkanes of at least 4 members (excludes halogenated alkanes) is 1. The zero-order chi connectivity index (χ0) is 17.8. The van der Waals surface area contributed by atoms with Crippen LogP contribution in [0.2, 0.25) is 0 Å². The van der Waals surface area contributed by atoms with E-state index in [2.05, 4.69) is 22.5 Å². The summed E-state index contributed by atoms with van der Waals surface area (Å²) in [4.78, 5) is 15.7. The molecule has 1 aromatic rings. The fraction of sp³-hybridized carbons (Fsp3) is 0.529. The molecule has 0 aliphatic rings. The van der Waals surface area contributed by atoms with Crippen molar-refractivity contribution in [1.82, 2.24) is 10.6 Å². The molecule has 0 radical (unpaired) electrons. The molecule has 1 amide bonds. The summed E-state index contributed by atoms with van der Waals surface area (Å²) in [6, 6.07) is 5.47. The molecule has 0 bridgehead atoms. The van der Waals surface area contributed by atoms with Crippen molar-refractivity contribution in [2.45, 2.75) is 33.2 Å². The van der Waals surface area contributed by atoms with E-state index in [1.54, 1.807) is 13.2 Å². The summed E-state index contributed by atoms with van der Waals surface area (Å²) in [5.74, 6) is 1.34. The highest BCUT2D eigenvalue weighted by atomic mass is 16.5. The number of nitrogens with zero attached hydrogens (tertiary/aromatic N) is 1. The number of hydrogen-bond acceptors (Lipinski definition) is 4. The second-order valence-corrected chi connectivity index (χ2v) is 5.21. The Bertz CT molecular complexity index is 547. The molecule has 0 atom stereocenters. The highest BCUT2D eigenvalue weighted by molar-refractivity contribution is 5.78. The molecule has 1 aromatic carbocycles. The number of aliphatic imine (C=N–C) groups is 1. The fourth-order valence-electron chi connectivity index (χ4n) is 1.95. The van der Waals surface area contributed by atoms with Crippen molar-refractivity contribution in [2.75, 3.05) is 26.8 Å². The maximum Gasteiger partial charge on any atom is 0.257 e. The molecule has 7 heteroatoms. The van der Waals surface area contributed by atoms with Crippen molar-refractivity contribution in [3.8, 4) is 11.5 Å². The zero-order valence-corrected chi connectivity index (χ0v) is 14.7. The average molecular weight is 336 g/mol. The van der Waals surface area contributed by atoms with Gasteiger partial charge >= 0.3 is 0 Å². The minimum atomic E-state index is -0.167. The van der Waals surface area contributed by atoms with Crippen molar-refractivity contribution < 1.29 is 14.3 Å². The molecule has 0 fully saturated rings. The van der Waals surface area contributed by atoms with Crippen LogP contribution in [-0.2, 0) is 11.3 Å². The van der Waals surface area contributed by atoms with Crippen LogP contribution in [0, 0.1) is 0 Å². The molecule has 0 saturated carbocycles. The lowest BCUT2D eigenvalue weighted by Crippen LogP contribution is -2.32. The normalized spacial score (nSPS) is 11.0. The van der Waals surface area contributed by atoms with Crippen molar-refractivity contribution >= 4 is 11.9 Å². The molecule has 0 spiro atoms. The summed E-state index contributed by atoms with van der Waals surface area (Å²) in [7, 11) is 1.56. The molecule has 134 valence electrons. The van der Waals surface area contributed by atoms with Gasteiger partial charge in [-0.05, 0) is 31.0 Å². The van der Waals surface area contributed by atoms with Crippen LogP contribution in [0.25, 0.3) is 0 Å². The van der Waals surface area contributed by atoms with E-state index < -0.39 is 0 Å². The number of nitrogens with one attached hydrogen (secondary N) is 2. The lowest BCUT2D eigenvalue weighted by atomic mass is 10.2. The van der Waals surface area contributed by atoms with Gasteiger partial charge in [-0.3, -0.25) is 4.79 Å². The number of carbonyl (C=O) groups excluding carboxylic acids is 1. The second kappa shape index (κ2) is 11.2. The van der Waals surface area contributed by atoms with Gasteiger partial charge < -0.3 is 25.8 Å². The Labute approximate surface area is 143 Å². The van der Waals surface area contributed by atoms with Gasteiger partial charge in [-0.1, -0.05) is 19.4 Å². The number of nitrogens with two attached hydrogens (primary N) is 1. The molecule has 0 aliphatic heterocycles. The molecular formula is C17H28N4O3. The number of benzene rings is 1. The largest absolute Gasteiger partial charge is 0.493 e. The standard InChI is InChI=1S/C17H28N4O3/c1-4-6-9-20-17(18)21-11-13-7-8-14(15(10-13)23-3)24-12-16(22)19-5-2/h7-8,10H,4-6,9,11-12H2,1-3H3,(H,19,22)(H3,18,20,21). The van der Waals surface area contributed by atoms with Crippen molar-refractivity contribution in [1.29, 1.82) is 0 Å². The van der Waals surface area contributed by atoms with Gasteiger partial charge in [0.2, 0.25) is 0 Å². The van der Waals surface area contributed by atoms with E-state index in [4.69, 9.17) is 15.2 Å². The minimum absolute atomic E-state index is 0.0456. The lowest BCUT2D eigenvalue weighted by molar-refractivity contribution is -0.123. The molecule has 24 heavy (non-hydrogen) atoms. The number of guanidine groups is 1. The average Bonchev–Trinajstić information content (AvgIpc) is 2.59. The maximum absolute atomic E-state index is 11.5. The third kappa shape index (κ3) is 7.21. The summed E-state index contributed by atoms with van der Waals surface area (Å²) in [5, 5.41) is 5.74. The van der Waals surface area contributed by atoms with Crippen molar-refractivity contribution in [3.63, 3.8) is 0 Å². The summed E-state index contributed by atoms with van der Waals surface area (Å²) in [5.41, 5.74) is 6.75. The number of methoxy groups -OCH3 is 1. The second-order valence-electron chi connectivity index (χ2n) is 5.21. The summed E-state index contributed by atoms with van der Waals surface area (Å²) in [6.45, 7) is 5.77.